The normalized spacial score (nSPS) is 18.3. The number of carbonyl (C=O) groups is 1. The smallest absolute Gasteiger partial charge is 0.416 e. The van der Waals surface area contributed by atoms with Crippen LogP contribution in [-0.4, -0.2) is 34.2 Å². The fraction of sp³-hybridized carbons (Fsp3) is 0.310. The summed E-state index contributed by atoms with van der Waals surface area (Å²) >= 11 is 1.27. The number of aromatic nitrogens is 1. The van der Waals surface area contributed by atoms with Crippen molar-refractivity contribution in [1.82, 2.24) is 9.47 Å². The number of aliphatic imine (C=N–C) groups is 1. The molecular weight excluding hydrogens is 584 g/mol. The Morgan fingerprint density at radius 2 is 1.81 bits per heavy atom. The molecule has 6 nitrogen and oxygen atoms in total. The van der Waals surface area contributed by atoms with E-state index in [9.17, 15) is 31.1 Å². The zero-order valence-corrected chi connectivity index (χ0v) is 23.2. The molecule has 2 aliphatic heterocycles. The Morgan fingerprint density at radius 1 is 1.02 bits per heavy atom. The first-order chi connectivity index (χ1) is 19.9. The SMILES string of the molecule is CCC1c2cccn2CCN1C1=NC(=O)/C(=C\c2ccc(OCc3ccc(C(F)(F)F)cc3C(F)(F)F)c(OC)c2)S1. The van der Waals surface area contributed by atoms with Crippen molar-refractivity contribution in [1.29, 1.82) is 0 Å². The van der Waals surface area contributed by atoms with Gasteiger partial charge >= 0.3 is 12.4 Å². The molecule has 1 unspecified atom stereocenters. The molecule has 3 heterocycles. The number of halogens is 6. The van der Waals surface area contributed by atoms with E-state index in [-0.39, 0.29) is 29.5 Å². The second-order valence-corrected chi connectivity index (χ2v) is 10.6. The standard InChI is InChI=1S/C29H25F6N3O3S/c1-3-21-22-5-4-10-37(22)11-12-38(21)27-36-26(39)25(42-27)14-17-6-9-23(24(13-17)40-2)41-16-18-7-8-19(28(30,31)32)15-20(18)29(33,34)35/h4-10,13-15,21H,3,11-12,16H2,1-2H3/b25-14+. The zero-order chi connectivity index (χ0) is 30.2. The van der Waals surface area contributed by atoms with E-state index in [1.807, 2.05) is 12.3 Å². The molecule has 0 bridgehead atoms. The molecule has 1 aromatic heterocycles. The number of thioether (sulfide) groups is 1. The summed E-state index contributed by atoms with van der Waals surface area (Å²) in [5.41, 5.74) is -1.57. The quantitative estimate of drug-likeness (QED) is 0.213. The fourth-order valence-electron chi connectivity index (χ4n) is 4.99. The molecule has 0 spiro atoms. The van der Waals surface area contributed by atoms with Crippen molar-refractivity contribution >= 4 is 28.9 Å². The summed E-state index contributed by atoms with van der Waals surface area (Å²) in [6.45, 7) is 2.92. The van der Waals surface area contributed by atoms with Crippen molar-refractivity contribution in [2.75, 3.05) is 13.7 Å². The maximum Gasteiger partial charge on any atom is 0.416 e. The topological polar surface area (TPSA) is 56.1 Å². The van der Waals surface area contributed by atoms with Gasteiger partial charge in [0.25, 0.3) is 5.91 Å². The molecule has 42 heavy (non-hydrogen) atoms. The third-order valence-electron chi connectivity index (χ3n) is 7.02. The van der Waals surface area contributed by atoms with E-state index in [2.05, 4.69) is 27.4 Å². The predicted molar refractivity (Wildman–Crippen MR) is 146 cm³/mol. The predicted octanol–water partition coefficient (Wildman–Crippen LogP) is 7.55. The number of ether oxygens (including phenoxy) is 2. The van der Waals surface area contributed by atoms with Crippen LogP contribution in [-0.2, 0) is 30.3 Å². The fourth-order valence-corrected chi connectivity index (χ4v) is 5.98. The highest BCUT2D eigenvalue weighted by atomic mass is 32.2. The molecule has 1 amide bonds. The largest absolute Gasteiger partial charge is 0.493 e. The second-order valence-electron chi connectivity index (χ2n) is 9.62. The van der Waals surface area contributed by atoms with Crippen LogP contribution in [0.25, 0.3) is 6.08 Å². The number of carbonyl (C=O) groups excluding carboxylic acids is 1. The number of amidine groups is 1. The number of amides is 1. The number of methoxy groups -OCH3 is 1. The molecule has 0 aliphatic carbocycles. The molecule has 2 aliphatic rings. The highest BCUT2D eigenvalue weighted by Crippen LogP contribution is 2.40. The highest BCUT2D eigenvalue weighted by Gasteiger charge is 2.38. The van der Waals surface area contributed by atoms with Crippen LogP contribution in [0.5, 0.6) is 11.5 Å². The lowest BCUT2D eigenvalue weighted by Gasteiger charge is -2.37. The molecule has 2 aromatic carbocycles. The lowest BCUT2D eigenvalue weighted by atomic mass is 10.0. The van der Waals surface area contributed by atoms with Gasteiger partial charge in [-0.15, -0.1) is 0 Å². The average Bonchev–Trinajstić information content (AvgIpc) is 3.57. The van der Waals surface area contributed by atoms with Gasteiger partial charge < -0.3 is 18.9 Å². The van der Waals surface area contributed by atoms with Gasteiger partial charge in [0.2, 0.25) is 0 Å². The lowest BCUT2D eigenvalue weighted by Crippen LogP contribution is -2.40. The molecule has 0 N–H and O–H groups in total. The summed E-state index contributed by atoms with van der Waals surface area (Å²) in [5.74, 6) is -0.131. The maximum atomic E-state index is 13.5. The van der Waals surface area contributed by atoms with E-state index >= 15 is 0 Å². The number of nitrogens with zero attached hydrogens (tertiary/aromatic N) is 3. The Bertz CT molecular complexity index is 1560. The van der Waals surface area contributed by atoms with Gasteiger partial charge in [-0.05, 0) is 66.2 Å². The Morgan fingerprint density at radius 3 is 2.50 bits per heavy atom. The van der Waals surface area contributed by atoms with Gasteiger partial charge in [0.1, 0.15) is 6.61 Å². The highest BCUT2D eigenvalue weighted by molar-refractivity contribution is 8.18. The van der Waals surface area contributed by atoms with E-state index < -0.39 is 35.6 Å². The van der Waals surface area contributed by atoms with E-state index in [1.165, 1.54) is 24.9 Å². The van der Waals surface area contributed by atoms with Crippen LogP contribution in [0, 0.1) is 0 Å². The maximum absolute atomic E-state index is 13.5. The first kappa shape index (κ1) is 29.6. The van der Waals surface area contributed by atoms with Crippen LogP contribution < -0.4 is 9.47 Å². The van der Waals surface area contributed by atoms with Crippen LogP contribution in [0.4, 0.5) is 26.3 Å². The summed E-state index contributed by atoms with van der Waals surface area (Å²) in [4.78, 5) is 19.6. The molecule has 5 rings (SSSR count). The van der Waals surface area contributed by atoms with Crippen LogP contribution in [0.2, 0.25) is 0 Å². The number of rotatable bonds is 6. The van der Waals surface area contributed by atoms with Crippen LogP contribution >= 0.6 is 11.8 Å². The van der Waals surface area contributed by atoms with Crippen molar-refractivity contribution in [3.05, 3.63) is 87.6 Å². The summed E-state index contributed by atoms with van der Waals surface area (Å²) in [6, 6.07) is 10.2. The summed E-state index contributed by atoms with van der Waals surface area (Å²) in [6.07, 6.45) is -5.42. The van der Waals surface area contributed by atoms with Crippen LogP contribution in [0.15, 0.2) is 64.6 Å². The van der Waals surface area contributed by atoms with Crippen LogP contribution in [0.3, 0.4) is 0 Å². The first-order valence-corrected chi connectivity index (χ1v) is 13.7. The van der Waals surface area contributed by atoms with Gasteiger partial charge in [0.05, 0.1) is 29.2 Å². The monoisotopic (exact) mass is 609 g/mol. The molecule has 13 heteroatoms. The van der Waals surface area contributed by atoms with Crippen molar-refractivity contribution in [2.24, 2.45) is 4.99 Å². The van der Waals surface area contributed by atoms with Gasteiger partial charge in [0.15, 0.2) is 16.7 Å². The van der Waals surface area contributed by atoms with E-state index in [1.54, 1.807) is 18.2 Å². The number of fused-ring (bicyclic) bond motifs is 1. The number of benzene rings is 2. The van der Waals surface area contributed by atoms with Crippen molar-refractivity contribution in [3.63, 3.8) is 0 Å². The Hall–Kier alpha value is -3.87. The lowest BCUT2D eigenvalue weighted by molar-refractivity contribution is -0.143. The number of hydrogen-bond acceptors (Lipinski definition) is 5. The minimum atomic E-state index is -5.01. The molecule has 0 fully saturated rings. The van der Waals surface area contributed by atoms with Crippen molar-refractivity contribution in [3.8, 4) is 11.5 Å². The van der Waals surface area contributed by atoms with Crippen LogP contribution in [0.1, 0.15) is 47.3 Å². The average molecular weight is 610 g/mol. The Kier molecular flexibility index (Phi) is 8.06. The summed E-state index contributed by atoms with van der Waals surface area (Å²) in [5, 5.41) is 0.620. The Labute approximate surface area is 241 Å². The Balaban J connectivity index is 1.32. The van der Waals surface area contributed by atoms with E-state index in [0.717, 1.165) is 24.7 Å². The number of alkyl halides is 6. The minimum absolute atomic E-state index is 0.0715. The molecule has 3 aromatic rings. The molecule has 1 atom stereocenters. The van der Waals surface area contributed by atoms with E-state index in [4.69, 9.17) is 9.47 Å². The minimum Gasteiger partial charge on any atom is -0.493 e. The van der Waals surface area contributed by atoms with Gasteiger partial charge in [-0.25, -0.2) is 0 Å². The molecule has 0 saturated carbocycles. The third-order valence-corrected chi connectivity index (χ3v) is 8.04. The van der Waals surface area contributed by atoms with Gasteiger partial charge in [-0.2, -0.15) is 31.3 Å². The van der Waals surface area contributed by atoms with Crippen molar-refractivity contribution < 1.29 is 40.6 Å². The summed E-state index contributed by atoms with van der Waals surface area (Å²) < 4.78 is 92.5. The second kappa shape index (κ2) is 11.4. The molecule has 0 radical (unpaired) electrons. The molecule has 222 valence electrons. The van der Waals surface area contributed by atoms with Crippen molar-refractivity contribution in [2.45, 2.75) is 44.9 Å². The first-order valence-electron chi connectivity index (χ1n) is 12.9. The van der Waals surface area contributed by atoms with Gasteiger partial charge in [-0.3, -0.25) is 4.79 Å². The van der Waals surface area contributed by atoms with Gasteiger partial charge in [0, 0.05) is 30.5 Å². The number of hydrogen-bond donors (Lipinski definition) is 0. The van der Waals surface area contributed by atoms with E-state index in [0.29, 0.717) is 28.2 Å². The zero-order valence-electron chi connectivity index (χ0n) is 22.4. The molecular formula is C29H25F6N3O3S. The third kappa shape index (κ3) is 6.01. The molecule has 0 saturated heterocycles. The summed E-state index contributed by atoms with van der Waals surface area (Å²) in [7, 11) is 1.34. The van der Waals surface area contributed by atoms with Gasteiger partial charge in [-0.1, -0.05) is 19.1 Å².